The molecule has 2 heterocycles. The standard InChI is InChI=1S/C14H23ClN4O/c1-4-7-11-8-5-6-9-19(11)13-16-12(15)17-14(18-13)20-10(2)3/h10-11H,4-9H2,1-3H3. The molecule has 1 aromatic heterocycles. The van der Waals surface area contributed by atoms with Gasteiger partial charge in [0, 0.05) is 12.6 Å². The van der Waals surface area contributed by atoms with E-state index in [1.54, 1.807) is 0 Å². The Kier molecular flexibility index (Phi) is 5.40. The van der Waals surface area contributed by atoms with Gasteiger partial charge in [-0.05, 0) is 51.1 Å². The van der Waals surface area contributed by atoms with E-state index in [1.807, 2.05) is 13.8 Å². The summed E-state index contributed by atoms with van der Waals surface area (Å²) in [4.78, 5) is 15.0. The molecule has 20 heavy (non-hydrogen) atoms. The number of anilines is 1. The molecule has 0 bridgehead atoms. The molecule has 0 N–H and O–H groups in total. The minimum atomic E-state index is 0.0223. The fourth-order valence-corrected chi connectivity index (χ4v) is 2.76. The highest BCUT2D eigenvalue weighted by Crippen LogP contribution is 2.26. The van der Waals surface area contributed by atoms with Crippen LogP contribution in [0.15, 0.2) is 0 Å². The van der Waals surface area contributed by atoms with Gasteiger partial charge < -0.3 is 9.64 Å². The lowest BCUT2D eigenvalue weighted by Crippen LogP contribution is -2.40. The lowest BCUT2D eigenvalue weighted by atomic mass is 9.99. The Morgan fingerprint density at radius 2 is 2.10 bits per heavy atom. The van der Waals surface area contributed by atoms with E-state index >= 15 is 0 Å². The summed E-state index contributed by atoms with van der Waals surface area (Å²) in [7, 11) is 0. The monoisotopic (exact) mass is 298 g/mol. The molecule has 0 aliphatic carbocycles. The third-order valence-corrected chi connectivity index (χ3v) is 3.59. The Balaban J connectivity index is 2.22. The number of hydrogen-bond donors (Lipinski definition) is 0. The van der Waals surface area contributed by atoms with Crippen molar-refractivity contribution in [2.45, 2.75) is 65.0 Å². The molecule has 0 spiro atoms. The molecule has 0 radical (unpaired) electrons. The molecule has 6 heteroatoms. The van der Waals surface area contributed by atoms with Gasteiger partial charge in [0.1, 0.15) is 0 Å². The first-order chi connectivity index (χ1) is 9.60. The van der Waals surface area contributed by atoms with Gasteiger partial charge in [-0.2, -0.15) is 15.0 Å². The lowest BCUT2D eigenvalue weighted by Gasteiger charge is -2.35. The molecule has 0 saturated carbocycles. The van der Waals surface area contributed by atoms with Gasteiger partial charge in [-0.15, -0.1) is 0 Å². The third kappa shape index (κ3) is 3.95. The molecule has 1 saturated heterocycles. The van der Waals surface area contributed by atoms with Crippen LogP contribution in [-0.2, 0) is 0 Å². The third-order valence-electron chi connectivity index (χ3n) is 3.42. The topological polar surface area (TPSA) is 51.1 Å². The SMILES string of the molecule is CCCC1CCCCN1c1nc(Cl)nc(OC(C)C)n1. The molecule has 1 fully saturated rings. The second-order valence-corrected chi connectivity index (χ2v) is 5.82. The summed E-state index contributed by atoms with van der Waals surface area (Å²) in [6, 6.07) is 0.815. The molecule has 2 rings (SSSR count). The van der Waals surface area contributed by atoms with Gasteiger partial charge in [-0.25, -0.2) is 0 Å². The average Bonchev–Trinajstić information content (AvgIpc) is 2.38. The summed E-state index contributed by atoms with van der Waals surface area (Å²) in [5.41, 5.74) is 0. The fourth-order valence-electron chi connectivity index (χ4n) is 2.61. The predicted molar refractivity (Wildman–Crippen MR) is 80.5 cm³/mol. The van der Waals surface area contributed by atoms with Crippen LogP contribution in [0.3, 0.4) is 0 Å². The van der Waals surface area contributed by atoms with E-state index < -0.39 is 0 Å². The number of halogens is 1. The molecule has 5 nitrogen and oxygen atoms in total. The van der Waals surface area contributed by atoms with Crippen LogP contribution in [0, 0.1) is 0 Å². The van der Waals surface area contributed by atoms with Gasteiger partial charge in [0.2, 0.25) is 11.2 Å². The van der Waals surface area contributed by atoms with Crippen LogP contribution >= 0.6 is 11.6 Å². The quantitative estimate of drug-likeness (QED) is 0.833. The van der Waals surface area contributed by atoms with Crippen molar-refractivity contribution in [1.82, 2.24) is 15.0 Å². The van der Waals surface area contributed by atoms with Crippen molar-refractivity contribution < 1.29 is 4.74 Å². The normalized spacial score (nSPS) is 19.4. The number of hydrogen-bond acceptors (Lipinski definition) is 5. The highest BCUT2D eigenvalue weighted by Gasteiger charge is 2.25. The summed E-state index contributed by atoms with van der Waals surface area (Å²) < 4.78 is 5.55. The van der Waals surface area contributed by atoms with Crippen LogP contribution in [-0.4, -0.2) is 33.6 Å². The van der Waals surface area contributed by atoms with E-state index in [0.717, 1.165) is 19.4 Å². The first kappa shape index (κ1) is 15.3. The Labute approximate surface area is 125 Å². The minimum absolute atomic E-state index is 0.0223. The van der Waals surface area contributed by atoms with Gasteiger partial charge in [0.05, 0.1) is 6.10 Å². The zero-order valence-corrected chi connectivity index (χ0v) is 13.2. The van der Waals surface area contributed by atoms with Crippen molar-refractivity contribution in [2.24, 2.45) is 0 Å². The van der Waals surface area contributed by atoms with Gasteiger partial charge in [0.15, 0.2) is 0 Å². The zero-order chi connectivity index (χ0) is 14.5. The Bertz CT molecular complexity index is 439. The Morgan fingerprint density at radius 3 is 2.80 bits per heavy atom. The molecule has 1 unspecified atom stereocenters. The van der Waals surface area contributed by atoms with Crippen LogP contribution < -0.4 is 9.64 Å². The van der Waals surface area contributed by atoms with Crippen LogP contribution in [0.25, 0.3) is 0 Å². The summed E-state index contributed by atoms with van der Waals surface area (Å²) in [5, 5.41) is 0.200. The second kappa shape index (κ2) is 7.07. The van der Waals surface area contributed by atoms with Crippen molar-refractivity contribution in [3.63, 3.8) is 0 Å². The highest BCUT2D eigenvalue weighted by molar-refractivity contribution is 6.28. The van der Waals surface area contributed by atoms with E-state index in [2.05, 4.69) is 26.8 Å². The number of aromatic nitrogens is 3. The maximum Gasteiger partial charge on any atom is 0.322 e. The molecular weight excluding hydrogens is 276 g/mol. The summed E-state index contributed by atoms with van der Waals surface area (Å²) in [6.07, 6.45) is 5.98. The van der Waals surface area contributed by atoms with Gasteiger partial charge in [-0.3, -0.25) is 0 Å². The molecular formula is C14H23ClN4O. The zero-order valence-electron chi connectivity index (χ0n) is 12.5. The lowest BCUT2D eigenvalue weighted by molar-refractivity contribution is 0.221. The number of nitrogens with zero attached hydrogens (tertiary/aromatic N) is 4. The van der Waals surface area contributed by atoms with Gasteiger partial charge in [0.25, 0.3) is 0 Å². The van der Waals surface area contributed by atoms with Crippen LogP contribution in [0.4, 0.5) is 5.95 Å². The summed E-state index contributed by atoms with van der Waals surface area (Å²) in [6.45, 7) is 7.07. The number of piperidine rings is 1. The van der Waals surface area contributed by atoms with Crippen molar-refractivity contribution >= 4 is 17.5 Å². The fraction of sp³-hybridized carbons (Fsp3) is 0.786. The second-order valence-electron chi connectivity index (χ2n) is 5.49. The smallest absolute Gasteiger partial charge is 0.322 e. The summed E-state index contributed by atoms with van der Waals surface area (Å²) >= 11 is 6.01. The van der Waals surface area contributed by atoms with Crippen LogP contribution in [0.5, 0.6) is 6.01 Å². The van der Waals surface area contributed by atoms with Gasteiger partial charge in [-0.1, -0.05) is 13.3 Å². The number of rotatable bonds is 5. The van der Waals surface area contributed by atoms with E-state index in [4.69, 9.17) is 16.3 Å². The molecule has 112 valence electrons. The Morgan fingerprint density at radius 1 is 1.30 bits per heavy atom. The molecule has 0 aromatic carbocycles. The first-order valence-corrected chi connectivity index (χ1v) is 7.82. The van der Waals surface area contributed by atoms with E-state index in [0.29, 0.717) is 18.0 Å². The van der Waals surface area contributed by atoms with Crippen LogP contribution in [0.1, 0.15) is 52.9 Å². The van der Waals surface area contributed by atoms with Crippen molar-refractivity contribution in [1.29, 1.82) is 0 Å². The van der Waals surface area contributed by atoms with Crippen molar-refractivity contribution in [3.05, 3.63) is 5.28 Å². The van der Waals surface area contributed by atoms with E-state index in [1.165, 1.54) is 19.3 Å². The number of ether oxygens (including phenoxy) is 1. The first-order valence-electron chi connectivity index (χ1n) is 7.45. The van der Waals surface area contributed by atoms with Crippen molar-refractivity contribution in [3.8, 4) is 6.01 Å². The minimum Gasteiger partial charge on any atom is -0.461 e. The molecule has 1 aromatic rings. The van der Waals surface area contributed by atoms with Gasteiger partial charge >= 0.3 is 6.01 Å². The average molecular weight is 299 g/mol. The van der Waals surface area contributed by atoms with E-state index in [-0.39, 0.29) is 11.4 Å². The van der Waals surface area contributed by atoms with E-state index in [9.17, 15) is 0 Å². The maximum atomic E-state index is 6.01. The highest BCUT2D eigenvalue weighted by atomic mass is 35.5. The molecule has 1 atom stereocenters. The predicted octanol–water partition coefficient (Wildman–Crippen LogP) is 3.47. The molecule has 1 aliphatic heterocycles. The Hall–Kier alpha value is -1.10. The maximum absolute atomic E-state index is 6.01. The van der Waals surface area contributed by atoms with Crippen molar-refractivity contribution in [2.75, 3.05) is 11.4 Å². The summed E-state index contributed by atoms with van der Waals surface area (Å²) in [5.74, 6) is 0.652. The van der Waals surface area contributed by atoms with Crippen LogP contribution in [0.2, 0.25) is 5.28 Å². The largest absolute Gasteiger partial charge is 0.461 e. The molecule has 0 amide bonds. The molecule has 1 aliphatic rings.